The lowest BCUT2D eigenvalue weighted by Gasteiger charge is -2.08. The van der Waals surface area contributed by atoms with Crippen LogP contribution in [0.4, 0.5) is 4.79 Å². The highest BCUT2D eigenvalue weighted by atomic mass is 16.4. The third-order valence-electron chi connectivity index (χ3n) is 2.44. The van der Waals surface area contributed by atoms with Gasteiger partial charge in [0.05, 0.1) is 0 Å². The Morgan fingerprint density at radius 2 is 2.00 bits per heavy atom. The Morgan fingerprint density at radius 3 is 2.44 bits per heavy atom. The predicted octanol–water partition coefficient (Wildman–Crippen LogP) is 1.74. The molecule has 0 atom stereocenters. The fourth-order valence-electron chi connectivity index (χ4n) is 1.50. The van der Waals surface area contributed by atoms with Crippen LogP contribution in [0.25, 0.3) is 0 Å². The first-order valence-electron chi connectivity index (χ1n) is 5.96. The molecule has 3 N–H and O–H groups in total. The van der Waals surface area contributed by atoms with Crippen molar-refractivity contribution in [1.29, 1.82) is 0 Å². The molecule has 0 bridgehead atoms. The van der Waals surface area contributed by atoms with Crippen LogP contribution in [-0.2, 0) is 11.3 Å². The Bertz CT molecular complexity index is 371. The van der Waals surface area contributed by atoms with Crippen molar-refractivity contribution < 1.29 is 14.7 Å². The fourth-order valence-corrected chi connectivity index (χ4v) is 1.50. The van der Waals surface area contributed by atoms with Crippen molar-refractivity contribution in [2.45, 2.75) is 25.8 Å². The van der Waals surface area contributed by atoms with Gasteiger partial charge in [0.25, 0.3) is 0 Å². The molecule has 1 saturated heterocycles. The number of hydrogen-bond donors (Lipinski definition) is 3. The number of carboxylic acid groups (broad SMARTS) is 1. The summed E-state index contributed by atoms with van der Waals surface area (Å²) in [7, 11) is 0. The van der Waals surface area contributed by atoms with E-state index >= 15 is 0 Å². The summed E-state index contributed by atoms with van der Waals surface area (Å²) >= 11 is 0. The van der Waals surface area contributed by atoms with Crippen molar-refractivity contribution in [1.82, 2.24) is 10.6 Å². The van der Waals surface area contributed by atoms with Crippen LogP contribution in [0.2, 0.25) is 0 Å². The second kappa shape index (κ2) is 8.11. The minimum Gasteiger partial charge on any atom is -0.465 e. The second-order valence-corrected chi connectivity index (χ2v) is 3.95. The summed E-state index contributed by atoms with van der Waals surface area (Å²) in [6.07, 6.45) is 1.98. The minimum atomic E-state index is -0.992. The van der Waals surface area contributed by atoms with E-state index in [1.54, 1.807) is 0 Å². The largest absolute Gasteiger partial charge is 0.465 e. The first kappa shape index (κ1) is 14.0. The van der Waals surface area contributed by atoms with E-state index in [1.165, 1.54) is 0 Å². The average Bonchev–Trinajstić information content (AvgIpc) is 2.39. The van der Waals surface area contributed by atoms with Crippen LogP contribution < -0.4 is 10.6 Å². The summed E-state index contributed by atoms with van der Waals surface area (Å²) in [6.45, 7) is 1.26. The lowest BCUT2D eigenvalue weighted by molar-refractivity contribution is -0.122. The summed E-state index contributed by atoms with van der Waals surface area (Å²) in [5, 5.41) is 13.3. The SMILES string of the molecule is O=C(O)NCc1ccccc1.O=C1CCCCN1. The van der Waals surface area contributed by atoms with E-state index in [0.717, 1.165) is 31.4 Å². The van der Waals surface area contributed by atoms with Crippen molar-refractivity contribution in [3.8, 4) is 0 Å². The van der Waals surface area contributed by atoms with E-state index < -0.39 is 6.09 Å². The molecule has 0 spiro atoms. The van der Waals surface area contributed by atoms with E-state index in [0.29, 0.717) is 6.54 Å². The zero-order valence-electron chi connectivity index (χ0n) is 10.2. The first-order chi connectivity index (χ1) is 8.68. The molecule has 5 nitrogen and oxygen atoms in total. The second-order valence-electron chi connectivity index (χ2n) is 3.95. The molecule has 1 fully saturated rings. The summed E-state index contributed by atoms with van der Waals surface area (Å²) in [5.74, 6) is 0.214. The molecule has 5 heteroatoms. The maximum Gasteiger partial charge on any atom is 0.404 e. The van der Waals surface area contributed by atoms with Crippen LogP contribution in [0.5, 0.6) is 0 Å². The molecule has 0 radical (unpaired) electrons. The summed E-state index contributed by atoms with van der Waals surface area (Å²) < 4.78 is 0. The summed E-state index contributed by atoms with van der Waals surface area (Å²) in [4.78, 5) is 20.4. The van der Waals surface area contributed by atoms with Gasteiger partial charge in [0.1, 0.15) is 0 Å². The molecule has 1 aliphatic heterocycles. The standard InChI is InChI=1S/C8H9NO2.C5H9NO/c10-8(11)9-6-7-4-2-1-3-5-7;7-5-3-1-2-4-6-5/h1-5,9H,6H2,(H,10,11);1-4H2,(H,6,7). The number of piperidine rings is 1. The quantitative estimate of drug-likeness (QED) is 0.748. The average molecular weight is 250 g/mol. The Labute approximate surface area is 106 Å². The molecule has 0 aliphatic carbocycles. The van der Waals surface area contributed by atoms with Crippen LogP contribution in [0.1, 0.15) is 24.8 Å². The maximum absolute atomic E-state index is 10.4. The van der Waals surface area contributed by atoms with Crippen molar-refractivity contribution in [3.63, 3.8) is 0 Å². The Balaban J connectivity index is 0.000000199. The van der Waals surface area contributed by atoms with Gasteiger partial charge in [-0.05, 0) is 18.4 Å². The molecule has 18 heavy (non-hydrogen) atoms. The molecule has 1 aromatic carbocycles. The fraction of sp³-hybridized carbons (Fsp3) is 0.385. The van der Waals surface area contributed by atoms with Gasteiger partial charge in [-0.2, -0.15) is 0 Å². The van der Waals surface area contributed by atoms with Gasteiger partial charge in [-0.1, -0.05) is 30.3 Å². The van der Waals surface area contributed by atoms with E-state index in [1.807, 2.05) is 30.3 Å². The van der Waals surface area contributed by atoms with Gasteiger partial charge < -0.3 is 15.7 Å². The van der Waals surface area contributed by atoms with E-state index in [4.69, 9.17) is 5.11 Å². The van der Waals surface area contributed by atoms with Gasteiger partial charge in [-0.25, -0.2) is 4.79 Å². The zero-order valence-corrected chi connectivity index (χ0v) is 10.2. The molecule has 2 amide bonds. The molecule has 0 saturated carbocycles. The number of benzene rings is 1. The van der Waals surface area contributed by atoms with Gasteiger partial charge in [0, 0.05) is 19.5 Å². The molecular weight excluding hydrogens is 232 g/mol. The number of hydrogen-bond acceptors (Lipinski definition) is 2. The summed E-state index contributed by atoms with van der Waals surface area (Å²) in [5.41, 5.74) is 0.968. The monoisotopic (exact) mass is 250 g/mol. The van der Waals surface area contributed by atoms with Crippen LogP contribution in [-0.4, -0.2) is 23.7 Å². The van der Waals surface area contributed by atoms with Gasteiger partial charge in [-0.3, -0.25) is 4.79 Å². The molecular formula is C13H18N2O3. The highest BCUT2D eigenvalue weighted by molar-refractivity contribution is 5.76. The van der Waals surface area contributed by atoms with Crippen molar-refractivity contribution in [2.75, 3.05) is 6.54 Å². The number of rotatable bonds is 2. The zero-order chi connectivity index (χ0) is 13.2. The van der Waals surface area contributed by atoms with Gasteiger partial charge in [0.2, 0.25) is 5.91 Å². The summed E-state index contributed by atoms with van der Waals surface area (Å²) in [6, 6.07) is 9.38. The molecule has 0 unspecified atom stereocenters. The number of carbonyl (C=O) groups excluding carboxylic acids is 1. The lowest BCUT2D eigenvalue weighted by atomic mass is 10.2. The van der Waals surface area contributed by atoms with Crippen LogP contribution in [0, 0.1) is 0 Å². The third kappa shape index (κ3) is 6.52. The van der Waals surface area contributed by atoms with Crippen LogP contribution in [0.3, 0.4) is 0 Å². The predicted molar refractivity (Wildman–Crippen MR) is 68.2 cm³/mol. The molecule has 1 aliphatic rings. The Kier molecular flexibility index (Phi) is 6.32. The molecule has 1 heterocycles. The highest BCUT2D eigenvalue weighted by Crippen LogP contribution is 1.98. The maximum atomic E-state index is 10.4. The topological polar surface area (TPSA) is 78.4 Å². The smallest absolute Gasteiger partial charge is 0.404 e. The normalized spacial score (nSPS) is 13.9. The Hall–Kier alpha value is -2.04. The number of amides is 2. The molecule has 98 valence electrons. The molecule has 0 aromatic heterocycles. The van der Waals surface area contributed by atoms with Crippen molar-refractivity contribution >= 4 is 12.0 Å². The Morgan fingerprint density at radius 1 is 1.28 bits per heavy atom. The third-order valence-corrected chi connectivity index (χ3v) is 2.44. The van der Waals surface area contributed by atoms with Gasteiger partial charge in [-0.15, -0.1) is 0 Å². The molecule has 1 aromatic rings. The van der Waals surface area contributed by atoms with E-state index in [-0.39, 0.29) is 5.91 Å². The van der Waals surface area contributed by atoms with Gasteiger partial charge in [0.15, 0.2) is 0 Å². The number of nitrogens with one attached hydrogen (secondary N) is 2. The highest BCUT2D eigenvalue weighted by Gasteiger charge is 2.04. The van der Waals surface area contributed by atoms with Gasteiger partial charge >= 0.3 is 6.09 Å². The minimum absolute atomic E-state index is 0.214. The first-order valence-corrected chi connectivity index (χ1v) is 5.96. The van der Waals surface area contributed by atoms with E-state index in [9.17, 15) is 9.59 Å². The lowest BCUT2D eigenvalue weighted by Crippen LogP contribution is -2.28. The molecule has 2 rings (SSSR count). The number of carbonyl (C=O) groups is 2. The van der Waals surface area contributed by atoms with Crippen LogP contribution in [0.15, 0.2) is 30.3 Å². The van der Waals surface area contributed by atoms with Crippen LogP contribution >= 0.6 is 0 Å². The van der Waals surface area contributed by atoms with E-state index in [2.05, 4.69) is 10.6 Å². The van der Waals surface area contributed by atoms with Crippen molar-refractivity contribution in [3.05, 3.63) is 35.9 Å². The van der Waals surface area contributed by atoms with Crippen molar-refractivity contribution in [2.24, 2.45) is 0 Å².